The number of carbonyl (C=O) groups excluding carboxylic acids is 2. The number of nitrogens with one attached hydrogen (secondary N) is 1. The highest BCUT2D eigenvalue weighted by atomic mass is 32.2. The molecule has 3 aromatic rings. The summed E-state index contributed by atoms with van der Waals surface area (Å²) in [6.45, 7) is 5.57. The fourth-order valence-electron chi connectivity index (χ4n) is 5.01. The predicted octanol–water partition coefficient (Wildman–Crippen LogP) is 3.27. The minimum atomic E-state index is -3.77. The third-order valence-corrected chi connectivity index (χ3v) is 9.16. The Hall–Kier alpha value is -3.44. The van der Waals surface area contributed by atoms with Crippen molar-refractivity contribution in [1.82, 2.24) is 9.88 Å². The van der Waals surface area contributed by atoms with Crippen LogP contribution in [-0.2, 0) is 26.0 Å². The normalized spacial score (nSPS) is 16.9. The van der Waals surface area contributed by atoms with Crippen molar-refractivity contribution in [1.29, 1.82) is 0 Å². The molecule has 1 aromatic heterocycles. The molecule has 37 heavy (non-hydrogen) atoms. The van der Waals surface area contributed by atoms with Gasteiger partial charge in [-0.25, -0.2) is 13.4 Å². The zero-order valence-electron chi connectivity index (χ0n) is 20.8. The van der Waals surface area contributed by atoms with Gasteiger partial charge in [-0.15, -0.1) is 11.3 Å². The van der Waals surface area contributed by atoms with E-state index in [2.05, 4.69) is 33.7 Å². The van der Waals surface area contributed by atoms with Crippen molar-refractivity contribution in [3.63, 3.8) is 0 Å². The van der Waals surface area contributed by atoms with Gasteiger partial charge in [0.05, 0.1) is 4.90 Å². The molecule has 0 radical (unpaired) electrons. The number of aryl methyl sites for hydroxylation is 1. The van der Waals surface area contributed by atoms with Gasteiger partial charge in [-0.1, -0.05) is 12.1 Å². The van der Waals surface area contributed by atoms with Gasteiger partial charge in [-0.05, 0) is 68.1 Å². The lowest BCUT2D eigenvalue weighted by Crippen LogP contribution is -2.57. The second-order valence-corrected chi connectivity index (χ2v) is 11.9. The molecule has 194 valence electrons. The van der Waals surface area contributed by atoms with Crippen molar-refractivity contribution in [3.8, 4) is 0 Å². The van der Waals surface area contributed by atoms with Crippen molar-refractivity contribution < 1.29 is 18.0 Å². The molecule has 2 aliphatic heterocycles. The van der Waals surface area contributed by atoms with Gasteiger partial charge in [0.1, 0.15) is 12.6 Å². The summed E-state index contributed by atoms with van der Waals surface area (Å²) in [7, 11) is -3.77. The monoisotopic (exact) mass is 539 g/mol. The van der Waals surface area contributed by atoms with Gasteiger partial charge in [0.2, 0.25) is 11.8 Å². The van der Waals surface area contributed by atoms with Crippen LogP contribution in [0.3, 0.4) is 0 Å². The first kappa shape index (κ1) is 25.2. The van der Waals surface area contributed by atoms with Gasteiger partial charge in [-0.3, -0.25) is 14.3 Å². The molecule has 9 nitrogen and oxygen atoms in total. The quantitative estimate of drug-likeness (QED) is 0.516. The second kappa shape index (κ2) is 10.1. The molecule has 1 N–H and O–H groups in total. The summed E-state index contributed by atoms with van der Waals surface area (Å²) in [5.41, 5.74) is 4.24. The fraction of sp³-hybridized carbons (Fsp3) is 0.346. The smallest absolute Gasteiger partial charge is 0.263 e. The number of nitrogens with zero attached hydrogens (tertiary/aromatic N) is 4. The number of piperazine rings is 1. The lowest BCUT2D eigenvalue weighted by Gasteiger charge is -2.40. The van der Waals surface area contributed by atoms with Crippen molar-refractivity contribution in [2.75, 3.05) is 40.7 Å². The molecule has 1 fully saturated rings. The maximum absolute atomic E-state index is 13.4. The molecule has 3 heterocycles. The molecule has 0 spiro atoms. The largest absolute Gasteiger partial charge is 0.360 e. The van der Waals surface area contributed by atoms with Crippen LogP contribution in [0.25, 0.3) is 0 Å². The van der Waals surface area contributed by atoms with E-state index in [4.69, 9.17) is 0 Å². The van der Waals surface area contributed by atoms with Crippen LogP contribution >= 0.6 is 11.3 Å². The lowest BCUT2D eigenvalue weighted by atomic mass is 9.96. The number of anilines is 3. The zero-order chi connectivity index (χ0) is 26.2. The molecule has 2 aromatic carbocycles. The number of fused-ring (bicyclic) bond motifs is 1. The van der Waals surface area contributed by atoms with Gasteiger partial charge in [-0.2, -0.15) is 0 Å². The molecule has 2 amide bonds. The van der Waals surface area contributed by atoms with E-state index in [1.165, 1.54) is 40.8 Å². The number of hydrogen-bond acceptors (Lipinski definition) is 7. The number of aromatic nitrogens is 1. The highest BCUT2D eigenvalue weighted by molar-refractivity contribution is 7.93. The number of rotatable bonds is 6. The molecule has 1 atom stereocenters. The van der Waals surface area contributed by atoms with Gasteiger partial charge < -0.3 is 14.7 Å². The first-order valence-electron chi connectivity index (χ1n) is 12.2. The summed E-state index contributed by atoms with van der Waals surface area (Å²) >= 11 is 1.19. The van der Waals surface area contributed by atoms with E-state index < -0.39 is 10.0 Å². The van der Waals surface area contributed by atoms with Crippen molar-refractivity contribution >= 4 is 49.7 Å². The minimum Gasteiger partial charge on any atom is -0.360 e. The van der Waals surface area contributed by atoms with Crippen LogP contribution in [0.15, 0.2) is 58.9 Å². The number of benzene rings is 2. The van der Waals surface area contributed by atoms with E-state index in [1.54, 1.807) is 27.3 Å². The van der Waals surface area contributed by atoms with Crippen molar-refractivity contribution in [2.45, 2.75) is 37.6 Å². The Labute approximate surface area is 220 Å². The first-order valence-corrected chi connectivity index (χ1v) is 14.6. The van der Waals surface area contributed by atoms with E-state index in [1.807, 2.05) is 13.0 Å². The summed E-state index contributed by atoms with van der Waals surface area (Å²) in [5.74, 6) is -0.254. The van der Waals surface area contributed by atoms with Crippen LogP contribution in [0.4, 0.5) is 16.5 Å². The third-order valence-electron chi connectivity index (χ3n) is 6.99. The summed E-state index contributed by atoms with van der Waals surface area (Å²) < 4.78 is 27.6. The van der Waals surface area contributed by atoms with E-state index >= 15 is 0 Å². The Kier molecular flexibility index (Phi) is 6.91. The van der Waals surface area contributed by atoms with Gasteiger partial charge >= 0.3 is 0 Å². The maximum atomic E-state index is 13.4. The predicted molar refractivity (Wildman–Crippen MR) is 145 cm³/mol. The molecule has 0 aliphatic carbocycles. The number of thiazole rings is 1. The molecule has 0 saturated carbocycles. The Morgan fingerprint density at radius 3 is 2.59 bits per heavy atom. The molecular formula is C26H29N5O4S2. The van der Waals surface area contributed by atoms with Crippen LogP contribution in [0.2, 0.25) is 0 Å². The molecular weight excluding hydrogens is 510 g/mol. The van der Waals surface area contributed by atoms with Crippen LogP contribution < -0.4 is 14.5 Å². The van der Waals surface area contributed by atoms with Gasteiger partial charge in [0.15, 0.2) is 5.13 Å². The summed E-state index contributed by atoms with van der Waals surface area (Å²) in [6, 6.07) is 12.0. The van der Waals surface area contributed by atoms with Gasteiger partial charge in [0.25, 0.3) is 10.0 Å². The van der Waals surface area contributed by atoms with Crippen LogP contribution in [-0.4, -0.2) is 62.3 Å². The van der Waals surface area contributed by atoms with Crippen LogP contribution in [0.1, 0.15) is 24.5 Å². The number of amides is 2. The zero-order valence-corrected chi connectivity index (χ0v) is 22.4. The highest BCUT2D eigenvalue weighted by Gasteiger charge is 2.34. The standard InChI is InChI=1S/C26H29N5O4S2/c1-18-5-3-7-23-22(18)6-4-13-30(23)19(2)25(33)29-14-15-31(24(32)17-29)20-8-10-21(11-9-20)37(34,35)28-26-27-12-16-36-26/h3,5,7-12,16,19H,4,6,13-15,17H2,1-2H3,(H,27,28)/t19-/m1/s1. The summed E-state index contributed by atoms with van der Waals surface area (Å²) in [4.78, 5) is 35.8. The average molecular weight is 540 g/mol. The summed E-state index contributed by atoms with van der Waals surface area (Å²) in [5, 5.41) is 1.97. The Morgan fingerprint density at radius 2 is 1.89 bits per heavy atom. The van der Waals surface area contributed by atoms with Crippen LogP contribution in [0, 0.1) is 6.92 Å². The van der Waals surface area contributed by atoms with E-state index in [0.717, 1.165) is 25.1 Å². The Bertz CT molecular complexity index is 1410. The second-order valence-electron chi connectivity index (χ2n) is 9.29. The first-order chi connectivity index (χ1) is 17.7. The minimum absolute atomic E-state index is 0.0106. The third kappa shape index (κ3) is 5.05. The maximum Gasteiger partial charge on any atom is 0.263 e. The lowest BCUT2D eigenvalue weighted by molar-refractivity contribution is -0.137. The van der Waals surface area contributed by atoms with Crippen LogP contribution in [0.5, 0.6) is 0 Å². The van der Waals surface area contributed by atoms with Gasteiger partial charge in [0, 0.05) is 42.6 Å². The van der Waals surface area contributed by atoms with E-state index in [0.29, 0.717) is 18.8 Å². The number of hydrogen-bond donors (Lipinski definition) is 1. The van der Waals surface area contributed by atoms with Crippen molar-refractivity contribution in [3.05, 3.63) is 65.2 Å². The SMILES string of the molecule is Cc1cccc2c1CCCN2[C@H](C)C(=O)N1CCN(c2ccc(S(=O)(=O)Nc3nccs3)cc2)C(=O)C1. The molecule has 0 unspecified atom stereocenters. The highest BCUT2D eigenvalue weighted by Crippen LogP contribution is 2.31. The molecule has 2 aliphatic rings. The van der Waals surface area contributed by atoms with E-state index in [9.17, 15) is 18.0 Å². The molecule has 0 bridgehead atoms. The molecule has 5 rings (SSSR count). The summed E-state index contributed by atoms with van der Waals surface area (Å²) in [6.07, 6.45) is 3.53. The molecule has 1 saturated heterocycles. The average Bonchev–Trinajstić information content (AvgIpc) is 3.40. The fourth-order valence-corrected chi connectivity index (χ4v) is 6.80. The van der Waals surface area contributed by atoms with Crippen molar-refractivity contribution in [2.24, 2.45) is 0 Å². The number of carbonyl (C=O) groups is 2. The molecule has 11 heteroatoms. The Balaban J connectivity index is 1.24. The van der Waals surface area contributed by atoms with E-state index in [-0.39, 0.29) is 34.4 Å². The Morgan fingerprint density at radius 1 is 1.11 bits per heavy atom. The topological polar surface area (TPSA) is 103 Å². The number of sulfonamides is 1.